The molecule has 0 heterocycles. The smallest absolute Gasteiger partial charge is 0.0577 e. The van der Waals surface area contributed by atoms with Crippen LogP contribution in [0.2, 0.25) is 0 Å². The monoisotopic (exact) mass is 175 g/mol. The van der Waals surface area contributed by atoms with Gasteiger partial charge in [-0.3, -0.25) is 0 Å². The van der Waals surface area contributed by atoms with E-state index in [0.29, 0.717) is 11.8 Å². The fourth-order valence-corrected chi connectivity index (χ4v) is 1.80. The van der Waals surface area contributed by atoms with Crippen LogP contribution in [0.25, 0.3) is 0 Å². The van der Waals surface area contributed by atoms with Crippen molar-refractivity contribution >= 4 is 5.71 Å². The maximum Gasteiger partial charge on any atom is 0.0577 e. The van der Waals surface area contributed by atoms with Gasteiger partial charge in [-0.05, 0) is 24.8 Å². The molecular formula is C11H13NO. The highest BCUT2D eigenvalue weighted by Gasteiger charge is 2.40. The van der Waals surface area contributed by atoms with E-state index in [9.17, 15) is 0 Å². The first kappa shape index (κ1) is 8.30. The van der Waals surface area contributed by atoms with Crippen LogP contribution in [0.4, 0.5) is 0 Å². The van der Waals surface area contributed by atoms with Gasteiger partial charge in [-0.2, -0.15) is 0 Å². The zero-order valence-electron chi connectivity index (χ0n) is 7.64. The van der Waals surface area contributed by atoms with Gasteiger partial charge in [0.2, 0.25) is 0 Å². The molecule has 1 aromatic carbocycles. The van der Waals surface area contributed by atoms with E-state index in [2.05, 4.69) is 29.4 Å². The minimum absolute atomic E-state index is 0.465. The Morgan fingerprint density at radius 1 is 1.38 bits per heavy atom. The summed E-state index contributed by atoms with van der Waals surface area (Å²) >= 11 is 0. The van der Waals surface area contributed by atoms with Gasteiger partial charge in [-0.25, -0.2) is 0 Å². The molecule has 2 atom stereocenters. The van der Waals surface area contributed by atoms with Gasteiger partial charge in [-0.15, -0.1) is 0 Å². The number of hydrogen-bond donors (Lipinski definition) is 1. The summed E-state index contributed by atoms with van der Waals surface area (Å²) in [4.78, 5) is 0. The van der Waals surface area contributed by atoms with E-state index < -0.39 is 0 Å². The summed E-state index contributed by atoms with van der Waals surface area (Å²) in [5.74, 6) is 1.05. The Hall–Kier alpha value is -1.31. The zero-order chi connectivity index (χ0) is 9.26. The number of nitrogens with zero attached hydrogens (tertiary/aromatic N) is 1. The van der Waals surface area contributed by atoms with Gasteiger partial charge in [0.15, 0.2) is 0 Å². The molecule has 0 saturated heterocycles. The van der Waals surface area contributed by atoms with E-state index in [1.165, 1.54) is 5.56 Å². The van der Waals surface area contributed by atoms with E-state index in [-0.39, 0.29) is 0 Å². The number of oxime groups is 1. The van der Waals surface area contributed by atoms with Crippen molar-refractivity contribution in [2.24, 2.45) is 11.1 Å². The summed E-state index contributed by atoms with van der Waals surface area (Å²) in [6.45, 7) is 1.88. The second-order valence-electron chi connectivity index (χ2n) is 3.60. The van der Waals surface area contributed by atoms with Crippen LogP contribution in [0.3, 0.4) is 0 Å². The molecule has 0 unspecified atom stereocenters. The lowest BCUT2D eigenvalue weighted by molar-refractivity contribution is 0.316. The lowest BCUT2D eigenvalue weighted by atomic mass is 10.1. The Kier molecular flexibility index (Phi) is 2.05. The quantitative estimate of drug-likeness (QED) is 0.418. The summed E-state index contributed by atoms with van der Waals surface area (Å²) < 4.78 is 0. The minimum Gasteiger partial charge on any atom is -0.411 e. The first-order chi connectivity index (χ1) is 6.33. The summed E-state index contributed by atoms with van der Waals surface area (Å²) in [5.41, 5.74) is 2.21. The van der Waals surface area contributed by atoms with Crippen molar-refractivity contribution in [1.29, 1.82) is 0 Å². The van der Waals surface area contributed by atoms with Crippen LogP contribution in [0.1, 0.15) is 24.8 Å². The highest BCUT2D eigenvalue weighted by Crippen LogP contribution is 2.48. The van der Waals surface area contributed by atoms with Crippen molar-refractivity contribution in [2.75, 3.05) is 0 Å². The molecular weight excluding hydrogens is 162 g/mol. The van der Waals surface area contributed by atoms with Gasteiger partial charge in [0.05, 0.1) is 5.71 Å². The van der Waals surface area contributed by atoms with E-state index >= 15 is 0 Å². The van der Waals surface area contributed by atoms with Crippen molar-refractivity contribution in [3.63, 3.8) is 0 Å². The second kappa shape index (κ2) is 3.21. The summed E-state index contributed by atoms with van der Waals surface area (Å²) in [6, 6.07) is 10.4. The van der Waals surface area contributed by atoms with Crippen LogP contribution in [-0.4, -0.2) is 10.9 Å². The largest absolute Gasteiger partial charge is 0.411 e. The maximum atomic E-state index is 8.60. The molecule has 0 spiro atoms. The first-order valence-corrected chi connectivity index (χ1v) is 4.56. The van der Waals surface area contributed by atoms with Crippen molar-refractivity contribution in [1.82, 2.24) is 0 Å². The standard InChI is InChI=1S/C11H13NO/c1-8(12-13)10-7-11(10)9-5-3-2-4-6-9/h2-6,10-11,13H,7H2,1H3/b12-8+/t10-,11-/m0/s1. The lowest BCUT2D eigenvalue weighted by Gasteiger charge is -1.97. The average Bonchev–Trinajstić information content (AvgIpc) is 2.98. The summed E-state index contributed by atoms with van der Waals surface area (Å²) in [6.07, 6.45) is 1.12. The van der Waals surface area contributed by atoms with Crippen molar-refractivity contribution in [3.05, 3.63) is 35.9 Å². The Labute approximate surface area is 77.9 Å². The Morgan fingerprint density at radius 2 is 2.08 bits per heavy atom. The average molecular weight is 175 g/mol. The molecule has 0 radical (unpaired) electrons. The van der Waals surface area contributed by atoms with Gasteiger partial charge in [0, 0.05) is 5.92 Å². The Morgan fingerprint density at radius 3 is 2.69 bits per heavy atom. The topological polar surface area (TPSA) is 32.6 Å². The SMILES string of the molecule is C/C(=N\O)[C@@H]1C[C@H]1c1ccccc1. The highest BCUT2D eigenvalue weighted by atomic mass is 16.4. The first-order valence-electron chi connectivity index (χ1n) is 4.56. The molecule has 13 heavy (non-hydrogen) atoms. The molecule has 1 N–H and O–H groups in total. The molecule has 68 valence electrons. The van der Waals surface area contributed by atoms with Gasteiger partial charge >= 0.3 is 0 Å². The molecule has 0 amide bonds. The molecule has 1 fully saturated rings. The van der Waals surface area contributed by atoms with Crippen LogP contribution in [0.15, 0.2) is 35.5 Å². The molecule has 0 bridgehead atoms. The third kappa shape index (κ3) is 1.57. The van der Waals surface area contributed by atoms with E-state index in [1.807, 2.05) is 13.0 Å². The van der Waals surface area contributed by atoms with Gasteiger partial charge in [0.1, 0.15) is 0 Å². The predicted octanol–water partition coefficient (Wildman–Crippen LogP) is 2.64. The van der Waals surface area contributed by atoms with Crippen molar-refractivity contribution in [2.45, 2.75) is 19.3 Å². The summed E-state index contributed by atoms with van der Waals surface area (Å²) in [7, 11) is 0. The van der Waals surface area contributed by atoms with Gasteiger partial charge < -0.3 is 5.21 Å². The van der Waals surface area contributed by atoms with Crippen LogP contribution in [0, 0.1) is 5.92 Å². The third-order valence-electron chi connectivity index (χ3n) is 2.71. The predicted molar refractivity (Wildman–Crippen MR) is 52.2 cm³/mol. The lowest BCUT2D eigenvalue weighted by Crippen LogP contribution is -1.95. The van der Waals surface area contributed by atoms with Crippen LogP contribution >= 0.6 is 0 Å². The molecule has 0 aliphatic heterocycles. The fraction of sp³-hybridized carbons (Fsp3) is 0.364. The summed E-state index contributed by atoms with van der Waals surface area (Å²) in [5, 5.41) is 11.8. The van der Waals surface area contributed by atoms with Gasteiger partial charge in [0.25, 0.3) is 0 Å². The molecule has 0 aromatic heterocycles. The molecule has 2 heteroatoms. The van der Waals surface area contributed by atoms with Crippen LogP contribution in [-0.2, 0) is 0 Å². The van der Waals surface area contributed by atoms with Crippen molar-refractivity contribution < 1.29 is 5.21 Å². The minimum atomic E-state index is 0.465. The van der Waals surface area contributed by atoms with Gasteiger partial charge in [-0.1, -0.05) is 35.5 Å². The van der Waals surface area contributed by atoms with Crippen LogP contribution in [0.5, 0.6) is 0 Å². The number of benzene rings is 1. The molecule has 1 aliphatic rings. The van der Waals surface area contributed by atoms with Crippen molar-refractivity contribution in [3.8, 4) is 0 Å². The van der Waals surface area contributed by atoms with E-state index in [1.54, 1.807) is 0 Å². The zero-order valence-corrected chi connectivity index (χ0v) is 7.64. The molecule has 2 rings (SSSR count). The van der Waals surface area contributed by atoms with E-state index in [0.717, 1.165) is 12.1 Å². The number of hydrogen-bond acceptors (Lipinski definition) is 2. The highest BCUT2D eigenvalue weighted by molar-refractivity contribution is 5.87. The Balaban J connectivity index is 2.09. The molecule has 1 aromatic rings. The third-order valence-corrected chi connectivity index (χ3v) is 2.71. The fourth-order valence-electron chi connectivity index (χ4n) is 1.80. The maximum absolute atomic E-state index is 8.60. The molecule has 1 aliphatic carbocycles. The number of rotatable bonds is 2. The van der Waals surface area contributed by atoms with Crippen LogP contribution < -0.4 is 0 Å². The Bertz CT molecular complexity index is 318. The second-order valence-corrected chi connectivity index (χ2v) is 3.60. The molecule has 2 nitrogen and oxygen atoms in total. The van der Waals surface area contributed by atoms with E-state index in [4.69, 9.17) is 5.21 Å². The molecule has 1 saturated carbocycles. The normalized spacial score (nSPS) is 27.3.